The smallest absolute Gasteiger partial charge is 0.253 e. The van der Waals surface area contributed by atoms with Gasteiger partial charge in [-0.2, -0.15) is 0 Å². The largest absolute Gasteiger partial charge is 1.00 e. The van der Waals surface area contributed by atoms with E-state index in [-0.39, 0.29) is 18.3 Å². The van der Waals surface area contributed by atoms with E-state index in [9.17, 15) is 14.3 Å². The highest BCUT2D eigenvalue weighted by Gasteiger charge is 2.35. The number of pyridine rings is 1. The van der Waals surface area contributed by atoms with E-state index < -0.39 is 11.4 Å². The first-order chi connectivity index (χ1) is 10.6. The lowest BCUT2D eigenvalue weighted by molar-refractivity contribution is -0.0214. The maximum absolute atomic E-state index is 13.2. The molecular formula is C17H17ClFN2O2-. The van der Waals surface area contributed by atoms with E-state index >= 15 is 0 Å². The Balaban J connectivity index is 0.00000192. The first kappa shape index (κ1) is 17.4. The molecule has 122 valence electrons. The SMILES string of the molecule is O=C(c1cccc(F)c1)N1CCC(O)(c2cccnc2)CC1.[Cl-]. The molecule has 0 saturated carbocycles. The first-order valence-corrected chi connectivity index (χ1v) is 7.26. The second kappa shape index (κ2) is 7.06. The Morgan fingerprint density at radius 1 is 1.22 bits per heavy atom. The van der Waals surface area contributed by atoms with E-state index in [1.165, 1.54) is 18.2 Å². The van der Waals surface area contributed by atoms with Crippen LogP contribution in [0.2, 0.25) is 0 Å². The Labute approximate surface area is 140 Å². The molecule has 1 aliphatic heterocycles. The number of carbonyl (C=O) groups is 1. The van der Waals surface area contributed by atoms with Crippen molar-refractivity contribution in [1.29, 1.82) is 0 Å². The molecular weight excluding hydrogens is 319 g/mol. The molecule has 1 N–H and O–H groups in total. The number of amides is 1. The fourth-order valence-electron chi connectivity index (χ4n) is 2.81. The van der Waals surface area contributed by atoms with Crippen LogP contribution in [0, 0.1) is 5.82 Å². The minimum atomic E-state index is -0.951. The van der Waals surface area contributed by atoms with Crippen molar-refractivity contribution in [3.63, 3.8) is 0 Å². The highest BCUT2D eigenvalue weighted by Crippen LogP contribution is 2.32. The normalized spacial score (nSPS) is 16.5. The van der Waals surface area contributed by atoms with Gasteiger partial charge in [0.25, 0.3) is 5.91 Å². The number of benzene rings is 1. The summed E-state index contributed by atoms with van der Waals surface area (Å²) in [5.74, 6) is -0.623. The number of likely N-dealkylation sites (tertiary alicyclic amines) is 1. The number of piperidine rings is 1. The molecule has 1 fully saturated rings. The van der Waals surface area contributed by atoms with E-state index in [2.05, 4.69) is 4.98 Å². The first-order valence-electron chi connectivity index (χ1n) is 7.26. The van der Waals surface area contributed by atoms with Crippen molar-refractivity contribution in [2.45, 2.75) is 18.4 Å². The number of carbonyl (C=O) groups excluding carboxylic acids is 1. The maximum atomic E-state index is 13.2. The summed E-state index contributed by atoms with van der Waals surface area (Å²) in [5.41, 5.74) is 0.159. The molecule has 0 spiro atoms. The van der Waals surface area contributed by atoms with Crippen molar-refractivity contribution in [2.24, 2.45) is 0 Å². The van der Waals surface area contributed by atoms with Gasteiger partial charge in [0.1, 0.15) is 5.82 Å². The van der Waals surface area contributed by atoms with Gasteiger partial charge in [0.2, 0.25) is 0 Å². The van der Waals surface area contributed by atoms with Gasteiger partial charge in [-0.3, -0.25) is 9.78 Å². The second-order valence-corrected chi connectivity index (χ2v) is 5.58. The lowest BCUT2D eigenvalue weighted by atomic mass is 9.85. The van der Waals surface area contributed by atoms with Crippen LogP contribution >= 0.6 is 0 Å². The summed E-state index contributed by atoms with van der Waals surface area (Å²) in [6.45, 7) is 0.863. The molecule has 0 aliphatic carbocycles. The van der Waals surface area contributed by atoms with Crippen molar-refractivity contribution >= 4 is 5.91 Å². The molecule has 4 nitrogen and oxygen atoms in total. The van der Waals surface area contributed by atoms with Crippen LogP contribution in [0.25, 0.3) is 0 Å². The molecule has 3 rings (SSSR count). The number of hydrogen-bond acceptors (Lipinski definition) is 3. The van der Waals surface area contributed by atoms with Gasteiger partial charge in [-0.05, 0) is 37.1 Å². The molecule has 2 heterocycles. The van der Waals surface area contributed by atoms with Crippen LogP contribution in [0.15, 0.2) is 48.8 Å². The standard InChI is InChI=1S/C17H17FN2O2.ClH/c18-15-5-1-3-13(11-15)16(21)20-9-6-17(22,7-10-20)14-4-2-8-19-12-14;/h1-5,8,11-12,22H,6-7,9-10H2;1H/p-1. The molecule has 23 heavy (non-hydrogen) atoms. The molecule has 0 bridgehead atoms. The molecule has 1 saturated heterocycles. The van der Waals surface area contributed by atoms with Crippen molar-refractivity contribution in [1.82, 2.24) is 9.88 Å². The molecule has 1 aromatic carbocycles. The third kappa shape index (κ3) is 3.68. The van der Waals surface area contributed by atoms with Crippen LogP contribution in [-0.2, 0) is 5.60 Å². The van der Waals surface area contributed by atoms with Gasteiger partial charge in [-0.25, -0.2) is 4.39 Å². The quantitative estimate of drug-likeness (QED) is 0.793. The fraction of sp³-hybridized carbons (Fsp3) is 0.294. The van der Waals surface area contributed by atoms with E-state index in [4.69, 9.17) is 0 Å². The number of aliphatic hydroxyl groups is 1. The van der Waals surface area contributed by atoms with E-state index in [0.29, 0.717) is 31.5 Å². The minimum absolute atomic E-state index is 0. The zero-order valence-corrected chi connectivity index (χ0v) is 13.2. The van der Waals surface area contributed by atoms with E-state index in [1.807, 2.05) is 6.07 Å². The predicted molar refractivity (Wildman–Crippen MR) is 79.7 cm³/mol. The molecule has 0 unspecified atom stereocenters. The van der Waals surface area contributed by atoms with Crippen LogP contribution in [0.1, 0.15) is 28.8 Å². The molecule has 1 aromatic heterocycles. The predicted octanol–water partition coefficient (Wildman–Crippen LogP) is -0.651. The number of rotatable bonds is 2. The Kier molecular flexibility index (Phi) is 5.34. The third-order valence-electron chi connectivity index (χ3n) is 4.15. The van der Waals surface area contributed by atoms with Crippen molar-refractivity contribution in [3.8, 4) is 0 Å². The summed E-state index contributed by atoms with van der Waals surface area (Å²) in [7, 11) is 0. The van der Waals surface area contributed by atoms with Gasteiger partial charge in [0, 0.05) is 36.6 Å². The molecule has 1 aliphatic rings. The molecule has 0 atom stereocenters. The number of aromatic nitrogens is 1. The average Bonchev–Trinajstić information content (AvgIpc) is 2.56. The Bertz CT molecular complexity index is 673. The zero-order valence-electron chi connectivity index (χ0n) is 12.5. The lowest BCUT2D eigenvalue weighted by Crippen LogP contribution is -3.00. The van der Waals surface area contributed by atoms with E-state index in [0.717, 1.165) is 5.56 Å². The Hall–Kier alpha value is -1.98. The molecule has 2 aromatic rings. The molecule has 0 radical (unpaired) electrons. The summed E-state index contributed by atoms with van der Waals surface area (Å²) in [5, 5.41) is 10.7. The fourth-order valence-corrected chi connectivity index (χ4v) is 2.81. The van der Waals surface area contributed by atoms with Crippen molar-refractivity contribution in [2.75, 3.05) is 13.1 Å². The van der Waals surface area contributed by atoms with Crippen LogP contribution < -0.4 is 12.4 Å². The zero-order chi connectivity index (χ0) is 15.6. The van der Waals surface area contributed by atoms with E-state index in [1.54, 1.807) is 29.4 Å². The number of nitrogens with zero attached hydrogens (tertiary/aromatic N) is 2. The maximum Gasteiger partial charge on any atom is 0.253 e. The second-order valence-electron chi connectivity index (χ2n) is 5.58. The Morgan fingerprint density at radius 2 is 1.96 bits per heavy atom. The van der Waals surface area contributed by atoms with Crippen LogP contribution in [0.3, 0.4) is 0 Å². The van der Waals surface area contributed by atoms with Gasteiger partial charge in [-0.1, -0.05) is 12.1 Å². The highest BCUT2D eigenvalue weighted by molar-refractivity contribution is 5.94. The monoisotopic (exact) mass is 335 g/mol. The summed E-state index contributed by atoms with van der Waals surface area (Å²) < 4.78 is 13.2. The lowest BCUT2D eigenvalue weighted by Gasteiger charge is -2.38. The number of hydrogen-bond donors (Lipinski definition) is 1. The van der Waals surface area contributed by atoms with Crippen LogP contribution in [0.5, 0.6) is 0 Å². The third-order valence-corrected chi connectivity index (χ3v) is 4.15. The van der Waals surface area contributed by atoms with Crippen molar-refractivity contribution < 1.29 is 26.7 Å². The average molecular weight is 336 g/mol. The van der Waals surface area contributed by atoms with Gasteiger partial charge in [-0.15, -0.1) is 0 Å². The number of halogens is 2. The summed E-state index contributed by atoms with van der Waals surface area (Å²) >= 11 is 0. The van der Waals surface area contributed by atoms with Crippen LogP contribution in [0.4, 0.5) is 4.39 Å². The topological polar surface area (TPSA) is 53.4 Å². The van der Waals surface area contributed by atoms with Gasteiger partial charge >= 0.3 is 0 Å². The molecule has 6 heteroatoms. The van der Waals surface area contributed by atoms with Gasteiger partial charge < -0.3 is 22.4 Å². The van der Waals surface area contributed by atoms with Gasteiger partial charge in [0.15, 0.2) is 0 Å². The van der Waals surface area contributed by atoms with Crippen molar-refractivity contribution in [3.05, 3.63) is 65.7 Å². The van der Waals surface area contributed by atoms with Crippen LogP contribution in [-0.4, -0.2) is 34.0 Å². The summed E-state index contributed by atoms with van der Waals surface area (Å²) in [6, 6.07) is 9.32. The summed E-state index contributed by atoms with van der Waals surface area (Å²) in [4.78, 5) is 18.1. The highest BCUT2D eigenvalue weighted by atomic mass is 35.5. The minimum Gasteiger partial charge on any atom is -1.00 e. The summed E-state index contributed by atoms with van der Waals surface area (Å²) in [6.07, 6.45) is 4.21. The van der Waals surface area contributed by atoms with Gasteiger partial charge in [0.05, 0.1) is 5.60 Å². The molecule has 1 amide bonds. The Morgan fingerprint density at radius 3 is 2.57 bits per heavy atom.